The second-order valence-corrected chi connectivity index (χ2v) is 4.21. The summed E-state index contributed by atoms with van der Waals surface area (Å²) in [4.78, 5) is 23.6. The summed E-state index contributed by atoms with van der Waals surface area (Å²) >= 11 is 7.17. The third-order valence-corrected chi connectivity index (χ3v) is 3.25. The molecule has 1 aromatic rings. The number of rotatable bonds is 3. The minimum Gasteiger partial charge on any atom is -0.465 e. The fourth-order valence-electron chi connectivity index (χ4n) is 1.33. The normalized spacial score (nSPS) is 9.88. The molecule has 92 valence electrons. The second-order valence-electron chi connectivity index (χ2n) is 2.99. The third kappa shape index (κ3) is 2.73. The van der Waals surface area contributed by atoms with Gasteiger partial charge in [0.15, 0.2) is 0 Å². The van der Waals surface area contributed by atoms with E-state index in [0.29, 0.717) is 10.5 Å². The molecule has 4 nitrogen and oxygen atoms in total. The number of esters is 2. The number of hydrogen-bond acceptors (Lipinski definition) is 5. The number of ether oxygens (including phenoxy) is 2. The molecule has 1 aromatic carbocycles. The lowest BCUT2D eigenvalue weighted by Crippen LogP contribution is -2.10. The van der Waals surface area contributed by atoms with Crippen LogP contribution in [0.15, 0.2) is 17.0 Å². The van der Waals surface area contributed by atoms with Crippen molar-refractivity contribution in [3.05, 3.63) is 28.3 Å². The van der Waals surface area contributed by atoms with Crippen LogP contribution in [0.3, 0.4) is 0 Å². The van der Waals surface area contributed by atoms with E-state index in [4.69, 9.17) is 11.6 Å². The zero-order valence-corrected chi connectivity index (χ0v) is 11.1. The first-order valence-electron chi connectivity index (χ1n) is 4.60. The summed E-state index contributed by atoms with van der Waals surface area (Å²) in [6, 6.07) is 2.99. The lowest BCUT2D eigenvalue weighted by molar-refractivity contribution is 0.0591. The summed E-state index contributed by atoms with van der Waals surface area (Å²) < 4.78 is 9.28. The highest BCUT2D eigenvalue weighted by molar-refractivity contribution is 7.98. The summed E-state index contributed by atoms with van der Waals surface area (Å²) in [5, 5.41) is 0.244. The summed E-state index contributed by atoms with van der Waals surface area (Å²) in [7, 11) is 2.53. The molecule has 0 saturated carbocycles. The smallest absolute Gasteiger partial charge is 0.340 e. The van der Waals surface area contributed by atoms with E-state index in [2.05, 4.69) is 9.47 Å². The Morgan fingerprint density at radius 2 is 1.76 bits per heavy atom. The summed E-state index contributed by atoms with van der Waals surface area (Å²) in [6.45, 7) is 0. The Balaban J connectivity index is 3.46. The molecular formula is C11H11ClO4S. The van der Waals surface area contributed by atoms with E-state index in [1.54, 1.807) is 6.26 Å². The van der Waals surface area contributed by atoms with Crippen molar-refractivity contribution in [3.8, 4) is 0 Å². The molecule has 0 N–H and O–H groups in total. The minimum atomic E-state index is -0.579. The third-order valence-electron chi connectivity index (χ3n) is 2.11. The fraction of sp³-hybridized carbons (Fsp3) is 0.273. The predicted octanol–water partition coefficient (Wildman–Crippen LogP) is 2.64. The monoisotopic (exact) mass is 274 g/mol. The van der Waals surface area contributed by atoms with Gasteiger partial charge in [-0.15, -0.1) is 11.8 Å². The van der Waals surface area contributed by atoms with E-state index >= 15 is 0 Å². The van der Waals surface area contributed by atoms with Gasteiger partial charge in [-0.25, -0.2) is 9.59 Å². The van der Waals surface area contributed by atoms with Crippen LogP contribution in [0.5, 0.6) is 0 Å². The highest BCUT2D eigenvalue weighted by Gasteiger charge is 2.22. The largest absolute Gasteiger partial charge is 0.465 e. The van der Waals surface area contributed by atoms with Crippen LogP contribution in [-0.2, 0) is 9.47 Å². The Bertz CT molecular complexity index is 459. The van der Waals surface area contributed by atoms with Crippen molar-refractivity contribution >= 4 is 35.3 Å². The zero-order chi connectivity index (χ0) is 13.0. The maximum absolute atomic E-state index is 11.6. The lowest BCUT2D eigenvalue weighted by Gasteiger charge is -2.11. The Morgan fingerprint density at radius 1 is 1.18 bits per heavy atom. The van der Waals surface area contributed by atoms with Crippen molar-refractivity contribution < 1.29 is 19.1 Å². The van der Waals surface area contributed by atoms with Gasteiger partial charge in [0.25, 0.3) is 0 Å². The molecule has 0 aliphatic carbocycles. The molecule has 0 heterocycles. The van der Waals surface area contributed by atoms with Gasteiger partial charge < -0.3 is 9.47 Å². The van der Waals surface area contributed by atoms with Crippen LogP contribution in [0.4, 0.5) is 0 Å². The fourth-order valence-corrected chi connectivity index (χ4v) is 2.39. The average molecular weight is 275 g/mol. The van der Waals surface area contributed by atoms with Crippen LogP contribution < -0.4 is 0 Å². The average Bonchev–Trinajstić information content (AvgIpc) is 2.36. The molecule has 0 bridgehead atoms. The number of halogens is 1. The summed E-state index contributed by atoms with van der Waals surface area (Å²) in [6.07, 6.45) is 1.74. The molecule has 0 saturated heterocycles. The van der Waals surface area contributed by atoms with Gasteiger partial charge >= 0.3 is 11.9 Å². The Hall–Kier alpha value is -1.20. The van der Waals surface area contributed by atoms with Crippen LogP contribution in [0.25, 0.3) is 0 Å². The molecule has 0 atom stereocenters. The summed E-state index contributed by atoms with van der Waals surface area (Å²) in [5.74, 6) is -1.10. The quantitative estimate of drug-likeness (QED) is 0.626. The van der Waals surface area contributed by atoms with Crippen molar-refractivity contribution in [1.29, 1.82) is 0 Å². The van der Waals surface area contributed by atoms with Gasteiger partial charge in [-0.3, -0.25) is 0 Å². The Morgan fingerprint density at radius 3 is 2.24 bits per heavy atom. The number of benzene rings is 1. The van der Waals surface area contributed by atoms with Gasteiger partial charge in [0.2, 0.25) is 0 Å². The van der Waals surface area contributed by atoms with Gasteiger partial charge in [-0.05, 0) is 18.4 Å². The highest BCUT2D eigenvalue weighted by Crippen LogP contribution is 2.31. The topological polar surface area (TPSA) is 52.6 Å². The number of carbonyl (C=O) groups excluding carboxylic acids is 2. The molecule has 0 amide bonds. The first-order chi connectivity index (χ1) is 8.06. The van der Waals surface area contributed by atoms with Crippen LogP contribution in [0.1, 0.15) is 20.7 Å². The molecule has 0 fully saturated rings. The van der Waals surface area contributed by atoms with Gasteiger partial charge in [0, 0.05) is 4.90 Å². The van der Waals surface area contributed by atoms with E-state index in [1.807, 2.05) is 0 Å². The molecule has 0 aliphatic rings. The molecule has 1 rings (SSSR count). The Kier molecular flexibility index (Phi) is 4.84. The van der Waals surface area contributed by atoms with Crippen LogP contribution in [0, 0.1) is 0 Å². The second kappa shape index (κ2) is 5.93. The predicted molar refractivity (Wildman–Crippen MR) is 65.9 cm³/mol. The standard InChI is InChI=1S/C11H11ClO4S/c1-15-10(13)6-4-5-7(12)8(9(6)17-3)11(14)16-2/h4-5H,1-3H3. The van der Waals surface area contributed by atoms with Crippen molar-refractivity contribution in [2.24, 2.45) is 0 Å². The van der Waals surface area contributed by atoms with E-state index in [-0.39, 0.29) is 10.6 Å². The molecule has 0 spiro atoms. The lowest BCUT2D eigenvalue weighted by atomic mass is 10.1. The number of carbonyl (C=O) groups is 2. The maximum atomic E-state index is 11.6. The molecule has 0 aromatic heterocycles. The van der Waals surface area contributed by atoms with E-state index in [0.717, 1.165) is 0 Å². The van der Waals surface area contributed by atoms with Crippen molar-refractivity contribution in [3.63, 3.8) is 0 Å². The van der Waals surface area contributed by atoms with E-state index < -0.39 is 11.9 Å². The molecule has 17 heavy (non-hydrogen) atoms. The van der Waals surface area contributed by atoms with Gasteiger partial charge in [-0.2, -0.15) is 0 Å². The van der Waals surface area contributed by atoms with Crippen LogP contribution in [-0.4, -0.2) is 32.4 Å². The molecule has 0 radical (unpaired) electrons. The van der Waals surface area contributed by atoms with Crippen LogP contribution >= 0.6 is 23.4 Å². The van der Waals surface area contributed by atoms with E-state index in [9.17, 15) is 9.59 Å². The first-order valence-corrected chi connectivity index (χ1v) is 6.20. The van der Waals surface area contributed by atoms with Gasteiger partial charge in [0.1, 0.15) is 0 Å². The summed E-state index contributed by atoms with van der Waals surface area (Å²) in [5.41, 5.74) is 0.481. The number of thioether (sulfide) groups is 1. The minimum absolute atomic E-state index is 0.185. The number of methoxy groups -OCH3 is 2. The zero-order valence-electron chi connectivity index (χ0n) is 9.57. The maximum Gasteiger partial charge on any atom is 0.340 e. The Labute approximate surface area is 108 Å². The van der Waals surface area contributed by atoms with Crippen molar-refractivity contribution in [2.45, 2.75) is 4.90 Å². The van der Waals surface area contributed by atoms with Crippen molar-refractivity contribution in [2.75, 3.05) is 20.5 Å². The van der Waals surface area contributed by atoms with E-state index in [1.165, 1.54) is 38.1 Å². The van der Waals surface area contributed by atoms with Crippen molar-refractivity contribution in [1.82, 2.24) is 0 Å². The number of hydrogen-bond donors (Lipinski definition) is 0. The molecule has 6 heteroatoms. The van der Waals surface area contributed by atoms with Gasteiger partial charge in [-0.1, -0.05) is 11.6 Å². The molecular weight excluding hydrogens is 264 g/mol. The SMILES string of the molecule is COC(=O)c1ccc(Cl)c(C(=O)OC)c1SC. The van der Waals surface area contributed by atoms with Crippen LogP contribution in [0.2, 0.25) is 5.02 Å². The van der Waals surface area contributed by atoms with Gasteiger partial charge in [0.05, 0.1) is 30.4 Å². The first kappa shape index (κ1) is 13.9. The molecule has 0 unspecified atom stereocenters. The molecule has 0 aliphatic heterocycles. The highest BCUT2D eigenvalue weighted by atomic mass is 35.5.